The third kappa shape index (κ3) is 8.50. The maximum atomic E-state index is 7.32. The lowest BCUT2D eigenvalue weighted by Gasteiger charge is -2.22. The minimum atomic E-state index is 0.336. The largest absolute Gasteiger partial charge is 0.303 e. The topological polar surface area (TPSA) is 27.0 Å². The van der Waals surface area contributed by atoms with Crippen LogP contribution in [0.1, 0.15) is 68.6 Å². The summed E-state index contributed by atoms with van der Waals surface area (Å²) in [6.07, 6.45) is 8.47. The van der Waals surface area contributed by atoms with Gasteiger partial charge in [-0.05, 0) is 68.3 Å². The van der Waals surface area contributed by atoms with Gasteiger partial charge in [0.1, 0.15) is 0 Å². The van der Waals surface area contributed by atoms with Crippen molar-refractivity contribution in [1.82, 2.24) is 4.90 Å². The molecule has 0 spiro atoms. The third-order valence-electron chi connectivity index (χ3n) is 5.88. The van der Waals surface area contributed by atoms with E-state index in [0.717, 1.165) is 13.0 Å². The van der Waals surface area contributed by atoms with Gasteiger partial charge in [0.2, 0.25) is 0 Å². The fourth-order valence-corrected chi connectivity index (χ4v) is 4.74. The molecule has 1 aliphatic carbocycles. The van der Waals surface area contributed by atoms with Crippen LogP contribution in [0.4, 0.5) is 0 Å². The molecule has 0 aromatic heterocycles. The van der Waals surface area contributed by atoms with Crippen molar-refractivity contribution < 1.29 is 0 Å². The van der Waals surface area contributed by atoms with Gasteiger partial charge in [0.15, 0.2) is 0 Å². The van der Waals surface area contributed by atoms with E-state index in [0.29, 0.717) is 11.3 Å². The zero-order valence-electron chi connectivity index (χ0n) is 18.7. The van der Waals surface area contributed by atoms with E-state index in [-0.39, 0.29) is 0 Å². The Labute approximate surface area is 188 Å². The molecular formula is C27H37ClN2. The zero-order chi connectivity index (χ0) is 21.6. The minimum absolute atomic E-state index is 0.336. The molecule has 30 heavy (non-hydrogen) atoms. The highest BCUT2D eigenvalue weighted by Gasteiger charge is 2.26. The molecule has 0 amide bonds. The average Bonchev–Trinajstić information content (AvgIpc) is 3.20. The minimum Gasteiger partial charge on any atom is -0.303 e. The molecule has 3 rings (SSSR count). The second kappa shape index (κ2) is 14.2. The monoisotopic (exact) mass is 424 g/mol. The summed E-state index contributed by atoms with van der Waals surface area (Å²) in [5.74, 6) is 0.568. The van der Waals surface area contributed by atoms with Crippen LogP contribution in [0.3, 0.4) is 0 Å². The molecule has 2 unspecified atom stereocenters. The number of rotatable bonds is 10. The van der Waals surface area contributed by atoms with Crippen molar-refractivity contribution in [3.05, 3.63) is 71.3 Å². The predicted octanol–water partition coefficient (Wildman–Crippen LogP) is 6.98. The first-order chi connectivity index (χ1) is 14.7. The van der Waals surface area contributed by atoms with Crippen LogP contribution in [0.15, 0.2) is 54.6 Å². The molecule has 0 N–H and O–H groups in total. The SMILES string of the molecule is CC#N.CCCN(CCCc1ccc(C2CCCC2Cl)cc1)CCc1ccccc1. The second-order valence-corrected chi connectivity index (χ2v) is 8.76. The maximum absolute atomic E-state index is 7.32. The molecule has 2 aromatic rings. The van der Waals surface area contributed by atoms with Crippen LogP contribution in [0.25, 0.3) is 0 Å². The highest BCUT2D eigenvalue weighted by Crippen LogP contribution is 2.38. The van der Waals surface area contributed by atoms with Gasteiger partial charge in [-0.15, -0.1) is 11.6 Å². The lowest BCUT2D eigenvalue weighted by molar-refractivity contribution is 0.274. The summed E-state index contributed by atoms with van der Waals surface area (Å²) >= 11 is 6.47. The Kier molecular flexibility index (Phi) is 11.6. The number of hydrogen-bond donors (Lipinski definition) is 0. The van der Waals surface area contributed by atoms with E-state index in [1.165, 1.54) is 75.2 Å². The van der Waals surface area contributed by atoms with E-state index in [1.807, 2.05) is 0 Å². The van der Waals surface area contributed by atoms with Crippen molar-refractivity contribution in [3.8, 4) is 6.07 Å². The summed E-state index contributed by atoms with van der Waals surface area (Å²) in [7, 11) is 0. The van der Waals surface area contributed by atoms with Crippen molar-refractivity contribution in [1.29, 1.82) is 5.26 Å². The van der Waals surface area contributed by atoms with Crippen molar-refractivity contribution in [2.75, 3.05) is 19.6 Å². The molecule has 3 heteroatoms. The predicted molar refractivity (Wildman–Crippen MR) is 129 cm³/mol. The van der Waals surface area contributed by atoms with Gasteiger partial charge in [0.25, 0.3) is 0 Å². The number of aryl methyl sites for hydroxylation is 1. The number of hydrogen-bond acceptors (Lipinski definition) is 2. The average molecular weight is 425 g/mol. The van der Waals surface area contributed by atoms with Crippen LogP contribution in [-0.2, 0) is 12.8 Å². The van der Waals surface area contributed by atoms with E-state index in [1.54, 1.807) is 6.07 Å². The van der Waals surface area contributed by atoms with Crippen molar-refractivity contribution in [2.45, 2.75) is 70.1 Å². The number of nitriles is 1. The summed E-state index contributed by atoms with van der Waals surface area (Å²) in [6.45, 7) is 7.26. The molecule has 1 saturated carbocycles. The van der Waals surface area contributed by atoms with Gasteiger partial charge in [0, 0.05) is 24.8 Å². The van der Waals surface area contributed by atoms with Crippen molar-refractivity contribution in [2.24, 2.45) is 0 Å². The standard InChI is InChI=1S/C25H34ClN.C2H3N/c1-2-18-27(20-17-21-8-4-3-5-9-21)19-7-10-22-13-15-23(16-14-22)24-11-6-12-25(24)26;1-2-3/h3-5,8-9,13-16,24-25H,2,6-7,10-12,17-20H2,1H3;1H3. The highest BCUT2D eigenvalue weighted by molar-refractivity contribution is 6.21. The Balaban J connectivity index is 0.00000101. The molecule has 2 nitrogen and oxygen atoms in total. The maximum Gasteiger partial charge on any atom is 0.0587 e. The molecule has 0 bridgehead atoms. The van der Waals surface area contributed by atoms with Gasteiger partial charge < -0.3 is 4.90 Å². The molecule has 0 aliphatic heterocycles. The van der Waals surface area contributed by atoms with E-state index in [4.69, 9.17) is 16.9 Å². The fourth-order valence-electron chi connectivity index (χ4n) is 4.31. The van der Waals surface area contributed by atoms with Crippen LogP contribution < -0.4 is 0 Å². The second-order valence-electron chi connectivity index (χ2n) is 8.20. The summed E-state index contributed by atoms with van der Waals surface area (Å²) in [4.78, 5) is 2.62. The first-order valence-electron chi connectivity index (χ1n) is 11.5. The zero-order valence-corrected chi connectivity index (χ0v) is 19.5. The van der Waals surface area contributed by atoms with Crippen LogP contribution >= 0.6 is 11.6 Å². The van der Waals surface area contributed by atoms with Gasteiger partial charge in [-0.25, -0.2) is 0 Å². The third-order valence-corrected chi connectivity index (χ3v) is 6.40. The van der Waals surface area contributed by atoms with Gasteiger partial charge in [-0.2, -0.15) is 5.26 Å². The van der Waals surface area contributed by atoms with Gasteiger partial charge >= 0.3 is 0 Å². The van der Waals surface area contributed by atoms with Crippen molar-refractivity contribution in [3.63, 3.8) is 0 Å². The van der Waals surface area contributed by atoms with Crippen molar-refractivity contribution >= 4 is 11.6 Å². The van der Waals surface area contributed by atoms with E-state index in [2.05, 4.69) is 66.4 Å². The number of nitrogens with zero attached hydrogens (tertiary/aromatic N) is 2. The summed E-state index contributed by atoms with van der Waals surface area (Å²) < 4.78 is 0. The molecule has 1 aliphatic rings. The van der Waals surface area contributed by atoms with Gasteiger partial charge in [-0.3, -0.25) is 0 Å². The molecule has 0 saturated heterocycles. The van der Waals surface area contributed by atoms with Crippen LogP contribution in [0.2, 0.25) is 0 Å². The molecule has 0 radical (unpaired) electrons. The lowest BCUT2D eigenvalue weighted by atomic mass is 9.95. The fraction of sp³-hybridized carbons (Fsp3) is 0.519. The Hall–Kier alpha value is -1.82. The number of halogens is 1. The molecule has 2 aromatic carbocycles. The lowest BCUT2D eigenvalue weighted by Crippen LogP contribution is -2.28. The van der Waals surface area contributed by atoms with Crippen LogP contribution in [0, 0.1) is 11.3 Å². The smallest absolute Gasteiger partial charge is 0.0587 e. The Morgan fingerprint density at radius 3 is 2.20 bits per heavy atom. The first kappa shape index (κ1) is 24.4. The molecular weight excluding hydrogens is 388 g/mol. The first-order valence-corrected chi connectivity index (χ1v) is 11.9. The Bertz CT molecular complexity index is 736. The number of alkyl halides is 1. The highest BCUT2D eigenvalue weighted by atomic mass is 35.5. The van der Waals surface area contributed by atoms with Crippen LogP contribution in [-0.4, -0.2) is 29.9 Å². The van der Waals surface area contributed by atoms with E-state index in [9.17, 15) is 0 Å². The normalized spacial score (nSPS) is 18.0. The van der Waals surface area contributed by atoms with E-state index < -0.39 is 0 Å². The van der Waals surface area contributed by atoms with E-state index >= 15 is 0 Å². The molecule has 0 heterocycles. The van der Waals surface area contributed by atoms with Crippen LogP contribution in [0.5, 0.6) is 0 Å². The summed E-state index contributed by atoms with van der Waals surface area (Å²) in [5.41, 5.74) is 4.34. The molecule has 1 fully saturated rings. The Morgan fingerprint density at radius 2 is 1.60 bits per heavy atom. The molecule has 2 atom stereocenters. The van der Waals surface area contributed by atoms with Gasteiger partial charge in [-0.1, -0.05) is 67.9 Å². The summed E-state index contributed by atoms with van der Waals surface area (Å²) in [5, 5.41) is 7.66. The number of benzene rings is 2. The van der Waals surface area contributed by atoms with Gasteiger partial charge in [0.05, 0.1) is 6.07 Å². The molecule has 162 valence electrons. The quantitative estimate of drug-likeness (QED) is 0.384. The summed E-state index contributed by atoms with van der Waals surface area (Å²) in [6, 6.07) is 21.9. The Morgan fingerprint density at radius 1 is 0.933 bits per heavy atom.